The molecular formula is C18H18N2O4. The fourth-order valence-electron chi connectivity index (χ4n) is 2.91. The van der Waals surface area contributed by atoms with E-state index in [-0.39, 0.29) is 5.78 Å². The zero-order valence-corrected chi connectivity index (χ0v) is 13.8. The van der Waals surface area contributed by atoms with Crippen LogP contribution in [0, 0.1) is 0 Å². The number of fused-ring (bicyclic) bond motifs is 1. The van der Waals surface area contributed by atoms with Crippen LogP contribution in [0.4, 0.5) is 0 Å². The Labute approximate surface area is 139 Å². The molecule has 0 unspecified atom stereocenters. The van der Waals surface area contributed by atoms with Gasteiger partial charge in [-0.1, -0.05) is 0 Å². The molecule has 124 valence electrons. The number of ether oxygens (including phenoxy) is 3. The second-order valence-electron chi connectivity index (χ2n) is 5.32. The third-order valence-electron chi connectivity index (χ3n) is 4.08. The number of methoxy groups -OCH3 is 3. The number of hydrogen-bond acceptors (Lipinski definition) is 6. The van der Waals surface area contributed by atoms with E-state index >= 15 is 0 Å². The summed E-state index contributed by atoms with van der Waals surface area (Å²) in [4.78, 5) is 16.9. The molecule has 1 aliphatic rings. The summed E-state index contributed by atoms with van der Waals surface area (Å²) < 4.78 is 16.1. The van der Waals surface area contributed by atoms with Gasteiger partial charge in [0.2, 0.25) is 5.75 Å². The van der Waals surface area contributed by atoms with E-state index in [0.717, 1.165) is 5.56 Å². The van der Waals surface area contributed by atoms with E-state index in [2.05, 4.69) is 4.98 Å². The van der Waals surface area contributed by atoms with E-state index in [1.165, 1.54) is 21.3 Å². The van der Waals surface area contributed by atoms with Crippen LogP contribution in [0.5, 0.6) is 17.2 Å². The minimum atomic E-state index is -0.155. The van der Waals surface area contributed by atoms with Crippen LogP contribution in [0.3, 0.4) is 0 Å². The molecule has 1 aliphatic carbocycles. The van der Waals surface area contributed by atoms with Crippen molar-refractivity contribution < 1.29 is 19.0 Å². The summed E-state index contributed by atoms with van der Waals surface area (Å²) in [6.45, 7) is 0. The first-order chi connectivity index (χ1) is 11.6. The first-order valence-corrected chi connectivity index (χ1v) is 7.37. The molecule has 0 saturated carbocycles. The summed E-state index contributed by atoms with van der Waals surface area (Å²) in [5.41, 5.74) is 9.21. The highest BCUT2D eigenvalue weighted by Crippen LogP contribution is 2.47. The summed E-state index contributed by atoms with van der Waals surface area (Å²) in [5.74, 6) is 1.03. The van der Waals surface area contributed by atoms with E-state index in [1.807, 2.05) is 12.1 Å². The van der Waals surface area contributed by atoms with Gasteiger partial charge < -0.3 is 19.9 Å². The Morgan fingerprint density at radius 2 is 1.71 bits per heavy atom. The number of ketones is 1. The van der Waals surface area contributed by atoms with Gasteiger partial charge in [0.15, 0.2) is 17.3 Å². The topological polar surface area (TPSA) is 83.7 Å². The van der Waals surface area contributed by atoms with Gasteiger partial charge in [-0.3, -0.25) is 9.78 Å². The van der Waals surface area contributed by atoms with Crippen LogP contribution < -0.4 is 19.9 Å². The monoisotopic (exact) mass is 326 g/mol. The SMILES string of the molecule is COc1cc2c(c(OC)c1OC)C(=O)C(Cc1ccncc1)=C2N. The van der Waals surface area contributed by atoms with Crippen molar-refractivity contribution in [3.8, 4) is 17.2 Å². The third kappa shape index (κ3) is 2.36. The Bertz CT molecular complexity index is 829. The number of rotatable bonds is 5. The molecule has 1 heterocycles. The fraction of sp³-hybridized carbons (Fsp3) is 0.222. The fourth-order valence-corrected chi connectivity index (χ4v) is 2.91. The maximum atomic E-state index is 12.9. The number of carbonyl (C=O) groups excluding carboxylic acids is 1. The smallest absolute Gasteiger partial charge is 0.204 e. The Hall–Kier alpha value is -3.02. The summed E-state index contributed by atoms with van der Waals surface area (Å²) in [5, 5.41) is 0. The first-order valence-electron chi connectivity index (χ1n) is 7.37. The Kier molecular flexibility index (Phi) is 4.12. The number of pyridine rings is 1. The van der Waals surface area contributed by atoms with Crippen LogP contribution in [0.1, 0.15) is 21.5 Å². The highest BCUT2D eigenvalue weighted by molar-refractivity contribution is 6.22. The van der Waals surface area contributed by atoms with Crippen molar-refractivity contribution in [2.75, 3.05) is 21.3 Å². The molecule has 0 radical (unpaired) electrons. The second kappa shape index (κ2) is 6.23. The van der Waals surface area contributed by atoms with E-state index < -0.39 is 0 Å². The Morgan fingerprint density at radius 3 is 2.29 bits per heavy atom. The van der Waals surface area contributed by atoms with Crippen molar-refractivity contribution in [1.29, 1.82) is 0 Å². The molecule has 2 aromatic rings. The highest BCUT2D eigenvalue weighted by atomic mass is 16.5. The normalized spacial score (nSPS) is 13.0. The molecule has 6 nitrogen and oxygen atoms in total. The second-order valence-corrected chi connectivity index (χ2v) is 5.32. The molecule has 0 spiro atoms. The summed E-state index contributed by atoms with van der Waals surface area (Å²) in [6, 6.07) is 5.42. The lowest BCUT2D eigenvalue weighted by atomic mass is 10.0. The third-order valence-corrected chi connectivity index (χ3v) is 4.08. The van der Waals surface area contributed by atoms with E-state index in [4.69, 9.17) is 19.9 Å². The Balaban J connectivity index is 2.13. The lowest BCUT2D eigenvalue weighted by Crippen LogP contribution is -2.06. The van der Waals surface area contributed by atoms with Crippen molar-refractivity contribution >= 4 is 11.5 Å². The number of allylic oxidation sites excluding steroid dienone is 1. The predicted octanol–water partition coefficient (Wildman–Crippen LogP) is 2.22. The standard InChI is InChI=1S/C18H18N2O4/c1-22-13-9-11-14(18(24-3)17(13)23-2)16(21)12(15(11)19)8-10-4-6-20-7-5-10/h4-7,9H,8,19H2,1-3H3. The lowest BCUT2D eigenvalue weighted by Gasteiger charge is -2.15. The number of carbonyl (C=O) groups is 1. The summed E-state index contributed by atoms with van der Waals surface area (Å²) in [6.07, 6.45) is 3.80. The van der Waals surface area contributed by atoms with Crippen LogP contribution in [0.25, 0.3) is 5.70 Å². The molecule has 0 aliphatic heterocycles. The van der Waals surface area contributed by atoms with E-state index in [9.17, 15) is 4.79 Å². The number of nitrogens with zero attached hydrogens (tertiary/aromatic N) is 1. The largest absolute Gasteiger partial charge is 0.493 e. The van der Waals surface area contributed by atoms with Crippen LogP contribution >= 0.6 is 0 Å². The van der Waals surface area contributed by atoms with Crippen molar-refractivity contribution in [2.24, 2.45) is 5.73 Å². The number of benzene rings is 1. The molecule has 0 atom stereocenters. The minimum absolute atomic E-state index is 0.155. The van der Waals surface area contributed by atoms with Crippen LogP contribution in [0.15, 0.2) is 36.2 Å². The van der Waals surface area contributed by atoms with Gasteiger partial charge in [0.25, 0.3) is 0 Å². The van der Waals surface area contributed by atoms with Crippen LogP contribution in [-0.2, 0) is 6.42 Å². The molecule has 0 fully saturated rings. The molecule has 24 heavy (non-hydrogen) atoms. The number of nitrogens with two attached hydrogens (primary N) is 1. The summed E-state index contributed by atoms with van der Waals surface area (Å²) in [7, 11) is 4.51. The van der Waals surface area contributed by atoms with E-state index in [0.29, 0.717) is 46.1 Å². The maximum absolute atomic E-state index is 12.9. The Morgan fingerprint density at radius 1 is 1.04 bits per heavy atom. The van der Waals surface area contributed by atoms with Gasteiger partial charge in [0.1, 0.15) is 0 Å². The lowest BCUT2D eigenvalue weighted by molar-refractivity contribution is 0.103. The highest BCUT2D eigenvalue weighted by Gasteiger charge is 2.35. The van der Waals surface area contributed by atoms with Crippen molar-refractivity contribution in [3.63, 3.8) is 0 Å². The first kappa shape index (κ1) is 15.9. The maximum Gasteiger partial charge on any atom is 0.204 e. The number of Topliss-reactive ketones (excluding diaryl/α,β-unsaturated/α-hetero) is 1. The van der Waals surface area contributed by atoms with Gasteiger partial charge in [-0.15, -0.1) is 0 Å². The average Bonchev–Trinajstić information content (AvgIpc) is 2.85. The van der Waals surface area contributed by atoms with Crippen LogP contribution in [0.2, 0.25) is 0 Å². The quantitative estimate of drug-likeness (QED) is 0.907. The molecular weight excluding hydrogens is 308 g/mol. The van der Waals surface area contributed by atoms with Crippen molar-refractivity contribution in [3.05, 3.63) is 52.9 Å². The molecule has 1 aromatic heterocycles. The van der Waals surface area contributed by atoms with Gasteiger partial charge in [-0.05, 0) is 23.8 Å². The minimum Gasteiger partial charge on any atom is -0.493 e. The molecule has 0 amide bonds. The van der Waals surface area contributed by atoms with Gasteiger partial charge in [0, 0.05) is 35.6 Å². The van der Waals surface area contributed by atoms with Gasteiger partial charge in [-0.25, -0.2) is 0 Å². The molecule has 0 bridgehead atoms. The zero-order valence-electron chi connectivity index (χ0n) is 13.8. The van der Waals surface area contributed by atoms with Gasteiger partial charge in [-0.2, -0.15) is 0 Å². The number of hydrogen-bond donors (Lipinski definition) is 1. The molecule has 1 aromatic carbocycles. The number of aromatic nitrogens is 1. The summed E-state index contributed by atoms with van der Waals surface area (Å²) >= 11 is 0. The molecule has 0 saturated heterocycles. The van der Waals surface area contributed by atoms with Crippen LogP contribution in [-0.4, -0.2) is 32.1 Å². The van der Waals surface area contributed by atoms with Crippen molar-refractivity contribution in [2.45, 2.75) is 6.42 Å². The predicted molar refractivity (Wildman–Crippen MR) is 89.5 cm³/mol. The van der Waals surface area contributed by atoms with Crippen molar-refractivity contribution in [1.82, 2.24) is 4.98 Å². The molecule has 2 N–H and O–H groups in total. The van der Waals surface area contributed by atoms with Gasteiger partial charge in [0.05, 0.1) is 26.9 Å². The molecule has 6 heteroatoms. The average molecular weight is 326 g/mol. The molecule has 3 rings (SSSR count). The zero-order chi connectivity index (χ0) is 17.3. The van der Waals surface area contributed by atoms with Gasteiger partial charge >= 0.3 is 0 Å². The van der Waals surface area contributed by atoms with E-state index in [1.54, 1.807) is 18.5 Å².